The number of rotatable bonds is 5. The highest BCUT2D eigenvalue weighted by atomic mass is 79.9. The van der Waals surface area contributed by atoms with Crippen molar-refractivity contribution in [2.24, 2.45) is 0 Å². The summed E-state index contributed by atoms with van der Waals surface area (Å²) in [6.07, 6.45) is -0.251. The topological polar surface area (TPSA) is 96.4 Å². The van der Waals surface area contributed by atoms with E-state index in [1.807, 2.05) is 0 Å². The first kappa shape index (κ1) is 16.4. The van der Waals surface area contributed by atoms with Gasteiger partial charge in [-0.25, -0.2) is 13.4 Å². The molecule has 0 fully saturated rings. The minimum Gasteiger partial charge on any atom is -0.481 e. The maximum atomic E-state index is 12.3. The van der Waals surface area contributed by atoms with E-state index in [0.29, 0.717) is 14.6 Å². The Balaban J connectivity index is 2.27. The molecule has 0 amide bonds. The van der Waals surface area contributed by atoms with Gasteiger partial charge in [0.25, 0.3) is 10.0 Å². The van der Waals surface area contributed by atoms with Gasteiger partial charge in [-0.1, -0.05) is 15.9 Å². The van der Waals surface area contributed by atoms with Crippen LogP contribution < -0.4 is 4.72 Å². The number of aromatic nitrogens is 1. The number of sulfonamides is 1. The van der Waals surface area contributed by atoms with E-state index in [-0.39, 0.29) is 16.4 Å². The number of carboxylic acid groups (broad SMARTS) is 1. The van der Waals surface area contributed by atoms with Crippen LogP contribution in [-0.4, -0.2) is 24.5 Å². The fourth-order valence-corrected chi connectivity index (χ4v) is 4.91. The molecule has 0 radical (unpaired) electrons. The monoisotopic (exact) mass is 454 g/mol. The normalized spacial score (nSPS) is 11.3. The van der Waals surface area contributed by atoms with Crippen LogP contribution in [0.2, 0.25) is 0 Å². The standard InChI is InChI=1S/C11H8Br2N2O4S2/c12-6-1-2-8(13)9(3-6)21(18,19)15-11-14-7(5-20-11)4-10(16)17/h1-3,5H,4H2,(H,14,15)(H,16,17). The molecule has 0 spiro atoms. The van der Waals surface area contributed by atoms with E-state index in [1.165, 1.54) is 11.4 Å². The van der Waals surface area contributed by atoms with Crippen molar-refractivity contribution in [1.82, 2.24) is 4.98 Å². The summed E-state index contributed by atoms with van der Waals surface area (Å²) >= 11 is 7.43. The van der Waals surface area contributed by atoms with Crippen LogP contribution in [0.5, 0.6) is 0 Å². The second-order valence-corrected chi connectivity index (χ2v) is 8.17. The van der Waals surface area contributed by atoms with Crippen molar-refractivity contribution in [3.63, 3.8) is 0 Å². The fourth-order valence-electron chi connectivity index (χ4n) is 1.44. The van der Waals surface area contributed by atoms with Crippen molar-refractivity contribution in [2.45, 2.75) is 11.3 Å². The molecule has 0 atom stereocenters. The molecule has 1 heterocycles. The Kier molecular flexibility index (Phi) is 5.02. The lowest BCUT2D eigenvalue weighted by molar-refractivity contribution is -0.136. The largest absolute Gasteiger partial charge is 0.481 e. The van der Waals surface area contributed by atoms with Crippen LogP contribution in [0.25, 0.3) is 0 Å². The Morgan fingerprint density at radius 3 is 2.76 bits per heavy atom. The number of thiazole rings is 1. The molecule has 1 aromatic heterocycles. The van der Waals surface area contributed by atoms with Crippen LogP contribution in [0.4, 0.5) is 5.13 Å². The van der Waals surface area contributed by atoms with Crippen molar-refractivity contribution >= 4 is 64.3 Å². The number of aliphatic carboxylic acids is 1. The number of carboxylic acids is 1. The summed E-state index contributed by atoms with van der Waals surface area (Å²) in [5.41, 5.74) is 0.304. The molecule has 0 saturated carbocycles. The second kappa shape index (κ2) is 6.42. The molecular weight excluding hydrogens is 448 g/mol. The molecule has 0 aliphatic heterocycles. The zero-order chi connectivity index (χ0) is 15.6. The molecule has 0 bridgehead atoms. The summed E-state index contributed by atoms with van der Waals surface area (Å²) < 4.78 is 28.0. The van der Waals surface area contributed by atoms with Gasteiger partial charge in [0, 0.05) is 14.3 Å². The zero-order valence-electron chi connectivity index (χ0n) is 10.2. The van der Waals surface area contributed by atoms with Crippen LogP contribution in [0, 0.1) is 0 Å². The number of benzene rings is 1. The molecule has 0 saturated heterocycles. The third-order valence-corrected chi connectivity index (χ3v) is 6.05. The SMILES string of the molecule is O=C(O)Cc1csc(NS(=O)(=O)c2cc(Br)ccc2Br)n1. The lowest BCUT2D eigenvalue weighted by Gasteiger charge is -2.07. The molecule has 10 heteroatoms. The Morgan fingerprint density at radius 1 is 1.38 bits per heavy atom. The number of nitrogens with zero attached hydrogens (tertiary/aromatic N) is 1. The van der Waals surface area contributed by atoms with Gasteiger partial charge in [0.05, 0.1) is 12.1 Å². The molecule has 0 unspecified atom stereocenters. The Hall–Kier alpha value is -0.970. The smallest absolute Gasteiger partial charge is 0.309 e. The number of nitrogens with one attached hydrogen (secondary N) is 1. The summed E-state index contributed by atoms with van der Waals surface area (Å²) in [5, 5.41) is 10.3. The average molecular weight is 456 g/mol. The van der Waals surface area contributed by atoms with Crippen LogP contribution in [0.1, 0.15) is 5.69 Å². The van der Waals surface area contributed by atoms with Crippen LogP contribution in [-0.2, 0) is 21.2 Å². The van der Waals surface area contributed by atoms with Crippen LogP contribution >= 0.6 is 43.2 Å². The maximum absolute atomic E-state index is 12.3. The Morgan fingerprint density at radius 2 is 2.10 bits per heavy atom. The number of hydrogen-bond donors (Lipinski definition) is 2. The van der Waals surface area contributed by atoms with Crippen molar-refractivity contribution < 1.29 is 18.3 Å². The summed E-state index contributed by atoms with van der Waals surface area (Å²) in [5.74, 6) is -1.02. The molecule has 2 aromatic rings. The lowest BCUT2D eigenvalue weighted by Crippen LogP contribution is -2.13. The zero-order valence-corrected chi connectivity index (χ0v) is 15.0. The van der Waals surface area contributed by atoms with Crippen molar-refractivity contribution in [1.29, 1.82) is 0 Å². The van der Waals surface area contributed by atoms with Gasteiger partial charge in [-0.15, -0.1) is 11.3 Å². The fraction of sp³-hybridized carbons (Fsp3) is 0.0909. The summed E-state index contributed by atoms with van der Waals surface area (Å²) in [7, 11) is -3.81. The number of hydrogen-bond acceptors (Lipinski definition) is 5. The minimum absolute atomic E-state index is 0.0619. The van der Waals surface area contributed by atoms with Gasteiger partial charge >= 0.3 is 5.97 Å². The van der Waals surface area contributed by atoms with Gasteiger partial charge in [0.2, 0.25) is 0 Å². The van der Waals surface area contributed by atoms with Gasteiger partial charge < -0.3 is 5.11 Å². The first-order valence-corrected chi connectivity index (χ1v) is 9.37. The van der Waals surface area contributed by atoms with Crippen LogP contribution in [0.15, 0.2) is 37.4 Å². The molecular formula is C11H8Br2N2O4S2. The van der Waals surface area contributed by atoms with Gasteiger partial charge in [0.15, 0.2) is 5.13 Å². The summed E-state index contributed by atoms with van der Waals surface area (Å²) in [6.45, 7) is 0. The van der Waals surface area contributed by atoms with E-state index < -0.39 is 16.0 Å². The summed E-state index contributed by atoms with van der Waals surface area (Å²) in [4.78, 5) is 14.6. The highest BCUT2D eigenvalue weighted by Crippen LogP contribution is 2.28. The third kappa shape index (κ3) is 4.25. The van der Waals surface area contributed by atoms with E-state index in [4.69, 9.17) is 5.11 Å². The number of anilines is 1. The maximum Gasteiger partial charge on any atom is 0.309 e. The van der Waals surface area contributed by atoms with Gasteiger partial charge in [-0.05, 0) is 34.1 Å². The van der Waals surface area contributed by atoms with Gasteiger partial charge in [0.1, 0.15) is 4.90 Å². The Labute approximate surface area is 141 Å². The molecule has 2 rings (SSSR count). The first-order valence-electron chi connectivity index (χ1n) is 5.42. The van der Waals surface area contributed by atoms with E-state index in [2.05, 4.69) is 41.6 Å². The van der Waals surface area contributed by atoms with E-state index in [9.17, 15) is 13.2 Å². The molecule has 112 valence electrons. The van der Waals surface area contributed by atoms with E-state index in [0.717, 1.165) is 11.3 Å². The second-order valence-electron chi connectivity index (χ2n) is 3.89. The quantitative estimate of drug-likeness (QED) is 0.721. The highest BCUT2D eigenvalue weighted by Gasteiger charge is 2.20. The first-order chi connectivity index (χ1) is 9.78. The lowest BCUT2D eigenvalue weighted by atomic mass is 10.3. The van der Waals surface area contributed by atoms with Crippen LogP contribution in [0.3, 0.4) is 0 Å². The van der Waals surface area contributed by atoms with Gasteiger partial charge in [-0.2, -0.15) is 0 Å². The van der Waals surface area contributed by atoms with E-state index >= 15 is 0 Å². The molecule has 0 aliphatic carbocycles. The van der Waals surface area contributed by atoms with Crippen molar-refractivity contribution in [2.75, 3.05) is 4.72 Å². The van der Waals surface area contributed by atoms with Gasteiger partial charge in [-0.3, -0.25) is 9.52 Å². The third-order valence-electron chi connectivity index (χ3n) is 2.29. The summed E-state index contributed by atoms with van der Waals surface area (Å²) in [6, 6.07) is 4.77. The minimum atomic E-state index is -3.81. The number of halogens is 2. The predicted molar refractivity (Wildman–Crippen MR) is 86.1 cm³/mol. The molecule has 6 nitrogen and oxygen atoms in total. The average Bonchev–Trinajstić information content (AvgIpc) is 2.77. The van der Waals surface area contributed by atoms with E-state index in [1.54, 1.807) is 12.1 Å². The number of carbonyl (C=O) groups is 1. The molecule has 2 N–H and O–H groups in total. The van der Waals surface area contributed by atoms with Crippen molar-refractivity contribution in [3.05, 3.63) is 38.2 Å². The highest BCUT2D eigenvalue weighted by molar-refractivity contribution is 9.11. The molecule has 1 aromatic carbocycles. The molecule has 21 heavy (non-hydrogen) atoms. The Bertz CT molecular complexity index is 789. The predicted octanol–water partition coefficient (Wildman–Crippen LogP) is 3.10. The molecule has 0 aliphatic rings. The van der Waals surface area contributed by atoms with Crippen molar-refractivity contribution in [3.8, 4) is 0 Å².